The number of hydrogen-bond donors (Lipinski definition) is 1. The van der Waals surface area contributed by atoms with Crippen LogP contribution < -0.4 is 0 Å². The van der Waals surface area contributed by atoms with Crippen molar-refractivity contribution in [2.24, 2.45) is 5.92 Å². The zero-order chi connectivity index (χ0) is 10.6. The molecule has 0 spiro atoms. The Morgan fingerprint density at radius 3 is 2.71 bits per heavy atom. The van der Waals surface area contributed by atoms with E-state index in [-0.39, 0.29) is 0 Å². The number of phenolic OH excluding ortho intramolecular Hbond substituents is 1. The SMILES string of the molecule is CC(C)CCCc1cc(Cl)ccc1O. The summed E-state index contributed by atoms with van der Waals surface area (Å²) in [4.78, 5) is 0. The third-order valence-electron chi connectivity index (χ3n) is 2.27. The van der Waals surface area contributed by atoms with E-state index in [0.717, 1.165) is 24.3 Å². The average molecular weight is 213 g/mol. The Labute approximate surface area is 90.7 Å². The van der Waals surface area contributed by atoms with Gasteiger partial charge in [0, 0.05) is 5.02 Å². The van der Waals surface area contributed by atoms with Gasteiger partial charge < -0.3 is 5.11 Å². The molecule has 2 heteroatoms. The molecular formula is C12H17ClO. The molecule has 0 unspecified atom stereocenters. The monoisotopic (exact) mass is 212 g/mol. The number of rotatable bonds is 4. The first-order valence-electron chi connectivity index (χ1n) is 5.07. The Morgan fingerprint density at radius 1 is 1.36 bits per heavy atom. The highest BCUT2D eigenvalue weighted by atomic mass is 35.5. The lowest BCUT2D eigenvalue weighted by Gasteiger charge is -2.06. The van der Waals surface area contributed by atoms with Gasteiger partial charge in [0.1, 0.15) is 5.75 Å². The number of halogens is 1. The lowest BCUT2D eigenvalue weighted by Crippen LogP contribution is -1.91. The molecule has 1 nitrogen and oxygen atoms in total. The van der Waals surface area contributed by atoms with Crippen molar-refractivity contribution in [3.05, 3.63) is 28.8 Å². The zero-order valence-electron chi connectivity index (χ0n) is 8.76. The van der Waals surface area contributed by atoms with Gasteiger partial charge in [-0.3, -0.25) is 0 Å². The van der Waals surface area contributed by atoms with Crippen LogP contribution in [0.5, 0.6) is 5.75 Å². The van der Waals surface area contributed by atoms with Crippen molar-refractivity contribution in [1.29, 1.82) is 0 Å². The Morgan fingerprint density at radius 2 is 2.07 bits per heavy atom. The maximum absolute atomic E-state index is 9.54. The van der Waals surface area contributed by atoms with Crippen molar-refractivity contribution in [2.45, 2.75) is 33.1 Å². The number of aryl methyl sites for hydroxylation is 1. The van der Waals surface area contributed by atoms with Crippen LogP contribution in [0.1, 0.15) is 32.3 Å². The predicted molar refractivity (Wildman–Crippen MR) is 60.9 cm³/mol. The van der Waals surface area contributed by atoms with Crippen LogP contribution in [0.3, 0.4) is 0 Å². The van der Waals surface area contributed by atoms with Crippen molar-refractivity contribution < 1.29 is 5.11 Å². The zero-order valence-corrected chi connectivity index (χ0v) is 9.51. The first-order valence-corrected chi connectivity index (χ1v) is 5.45. The van der Waals surface area contributed by atoms with Crippen LogP contribution in [0.4, 0.5) is 0 Å². The second-order valence-corrected chi connectivity index (χ2v) is 4.50. The lowest BCUT2D eigenvalue weighted by atomic mass is 10.0. The minimum Gasteiger partial charge on any atom is -0.508 e. The molecule has 0 amide bonds. The lowest BCUT2D eigenvalue weighted by molar-refractivity contribution is 0.464. The summed E-state index contributed by atoms with van der Waals surface area (Å²) in [5.41, 5.74) is 0.957. The largest absolute Gasteiger partial charge is 0.508 e. The molecule has 1 aromatic rings. The first-order chi connectivity index (χ1) is 6.59. The molecule has 78 valence electrons. The van der Waals surface area contributed by atoms with Crippen LogP contribution in [0.15, 0.2) is 18.2 Å². The van der Waals surface area contributed by atoms with Crippen LogP contribution in [0.2, 0.25) is 5.02 Å². The normalized spacial score (nSPS) is 10.9. The summed E-state index contributed by atoms with van der Waals surface area (Å²) >= 11 is 5.85. The number of aromatic hydroxyl groups is 1. The summed E-state index contributed by atoms with van der Waals surface area (Å²) in [6.07, 6.45) is 3.20. The third kappa shape index (κ3) is 3.59. The Bertz CT molecular complexity index is 294. The van der Waals surface area contributed by atoms with Gasteiger partial charge in [-0.25, -0.2) is 0 Å². The summed E-state index contributed by atoms with van der Waals surface area (Å²) in [7, 11) is 0. The third-order valence-corrected chi connectivity index (χ3v) is 2.50. The van der Waals surface area contributed by atoms with Crippen LogP contribution in [-0.4, -0.2) is 5.11 Å². The second-order valence-electron chi connectivity index (χ2n) is 4.06. The molecule has 0 bridgehead atoms. The maximum atomic E-state index is 9.54. The van der Waals surface area contributed by atoms with Crippen molar-refractivity contribution in [2.75, 3.05) is 0 Å². The van der Waals surface area contributed by atoms with E-state index in [1.807, 2.05) is 6.07 Å². The summed E-state index contributed by atoms with van der Waals surface area (Å²) < 4.78 is 0. The van der Waals surface area contributed by atoms with Crippen molar-refractivity contribution in [3.63, 3.8) is 0 Å². The average Bonchev–Trinajstić information content (AvgIpc) is 2.10. The van der Waals surface area contributed by atoms with Gasteiger partial charge in [-0.05, 0) is 42.5 Å². The van der Waals surface area contributed by atoms with E-state index < -0.39 is 0 Å². The standard InChI is InChI=1S/C12H17ClO/c1-9(2)4-3-5-10-8-11(13)6-7-12(10)14/h6-9,14H,3-5H2,1-2H3. The van der Waals surface area contributed by atoms with Gasteiger partial charge in [0.15, 0.2) is 0 Å². The van der Waals surface area contributed by atoms with Gasteiger partial charge in [-0.2, -0.15) is 0 Å². The van der Waals surface area contributed by atoms with Crippen LogP contribution in [0, 0.1) is 5.92 Å². The van der Waals surface area contributed by atoms with Gasteiger partial charge in [0.05, 0.1) is 0 Å². The van der Waals surface area contributed by atoms with Crippen LogP contribution >= 0.6 is 11.6 Å². The van der Waals surface area contributed by atoms with E-state index in [1.54, 1.807) is 12.1 Å². The van der Waals surface area contributed by atoms with Crippen molar-refractivity contribution in [1.82, 2.24) is 0 Å². The predicted octanol–water partition coefficient (Wildman–Crippen LogP) is 4.02. The summed E-state index contributed by atoms with van der Waals surface area (Å²) in [5.74, 6) is 1.08. The molecule has 0 aromatic heterocycles. The first kappa shape index (κ1) is 11.4. The highest BCUT2D eigenvalue weighted by molar-refractivity contribution is 6.30. The molecule has 0 atom stereocenters. The van der Waals surface area contributed by atoms with Gasteiger partial charge in [-0.15, -0.1) is 0 Å². The molecule has 1 rings (SSSR count). The van der Waals surface area contributed by atoms with Crippen molar-refractivity contribution in [3.8, 4) is 5.75 Å². The van der Waals surface area contributed by atoms with Gasteiger partial charge in [0.25, 0.3) is 0 Å². The summed E-state index contributed by atoms with van der Waals surface area (Å²) in [5, 5.41) is 10.2. The molecule has 0 aliphatic heterocycles. The molecule has 0 fully saturated rings. The van der Waals surface area contributed by atoms with Crippen LogP contribution in [-0.2, 0) is 6.42 Å². The van der Waals surface area contributed by atoms with E-state index in [0.29, 0.717) is 10.8 Å². The fourth-order valence-electron chi connectivity index (χ4n) is 1.46. The molecule has 14 heavy (non-hydrogen) atoms. The van der Waals surface area contributed by atoms with Gasteiger partial charge in [0.2, 0.25) is 0 Å². The van der Waals surface area contributed by atoms with E-state index in [9.17, 15) is 5.11 Å². The minimum absolute atomic E-state index is 0.359. The molecule has 1 N–H and O–H groups in total. The molecule has 0 radical (unpaired) electrons. The molecular weight excluding hydrogens is 196 g/mol. The highest BCUT2D eigenvalue weighted by Crippen LogP contribution is 2.23. The molecule has 0 heterocycles. The molecule has 0 saturated heterocycles. The quantitative estimate of drug-likeness (QED) is 0.799. The van der Waals surface area contributed by atoms with E-state index in [2.05, 4.69) is 13.8 Å². The highest BCUT2D eigenvalue weighted by Gasteiger charge is 2.02. The van der Waals surface area contributed by atoms with E-state index in [1.165, 1.54) is 6.42 Å². The number of hydrogen-bond acceptors (Lipinski definition) is 1. The number of phenols is 1. The van der Waals surface area contributed by atoms with Crippen LogP contribution in [0.25, 0.3) is 0 Å². The smallest absolute Gasteiger partial charge is 0.118 e. The summed E-state index contributed by atoms with van der Waals surface area (Å²) in [6.45, 7) is 4.41. The number of benzene rings is 1. The molecule has 0 aliphatic rings. The van der Waals surface area contributed by atoms with E-state index >= 15 is 0 Å². The van der Waals surface area contributed by atoms with Crippen molar-refractivity contribution >= 4 is 11.6 Å². The maximum Gasteiger partial charge on any atom is 0.118 e. The van der Waals surface area contributed by atoms with Gasteiger partial charge >= 0.3 is 0 Å². The minimum atomic E-state index is 0.359. The molecule has 0 aliphatic carbocycles. The Hall–Kier alpha value is -0.690. The fraction of sp³-hybridized carbons (Fsp3) is 0.500. The topological polar surface area (TPSA) is 20.2 Å². The van der Waals surface area contributed by atoms with E-state index in [4.69, 9.17) is 11.6 Å². The Balaban J connectivity index is 2.53. The Kier molecular flexibility index (Phi) is 4.27. The van der Waals surface area contributed by atoms with Gasteiger partial charge in [-0.1, -0.05) is 31.9 Å². The fourth-order valence-corrected chi connectivity index (χ4v) is 1.65. The molecule has 1 aromatic carbocycles. The summed E-state index contributed by atoms with van der Waals surface area (Å²) in [6, 6.07) is 5.22. The molecule has 0 saturated carbocycles. The second kappa shape index (κ2) is 5.26.